The molecule has 1 aromatic heterocycles. The number of Topliss-reactive ketones (excluding diaryl/α,β-unsaturated/α-hetero) is 1. The topological polar surface area (TPSA) is 110 Å². The molecule has 0 spiro atoms. The number of alkyl halides is 3. The molecule has 0 aliphatic rings. The Morgan fingerprint density at radius 2 is 1.96 bits per heavy atom. The van der Waals surface area contributed by atoms with Crippen LogP contribution in [0.15, 0.2) is 34.9 Å². The van der Waals surface area contributed by atoms with Gasteiger partial charge in [-0.1, -0.05) is 52.6 Å². The van der Waals surface area contributed by atoms with Crippen molar-refractivity contribution in [2.45, 2.75) is 23.9 Å². The molecule has 0 fully saturated rings. The molecule has 0 saturated carbocycles. The van der Waals surface area contributed by atoms with E-state index >= 15 is 0 Å². The summed E-state index contributed by atoms with van der Waals surface area (Å²) in [4.78, 5) is 10.3. The second-order valence-electron chi connectivity index (χ2n) is 6.23. The van der Waals surface area contributed by atoms with Gasteiger partial charge in [0.1, 0.15) is 0 Å². The number of nitrogens with one attached hydrogen (secondary N) is 1. The van der Waals surface area contributed by atoms with Gasteiger partial charge in [0.05, 0.1) is 31.3 Å². The average molecular weight is 453 g/mol. The predicted molar refractivity (Wildman–Crippen MR) is 103 cm³/mol. The maximum atomic E-state index is 13.3. The van der Waals surface area contributed by atoms with Crippen molar-refractivity contribution in [2.24, 2.45) is 5.92 Å². The monoisotopic (exact) mass is 452 g/mol. The number of benzene rings is 1. The van der Waals surface area contributed by atoms with E-state index < -0.39 is 39.3 Å². The van der Waals surface area contributed by atoms with Crippen molar-refractivity contribution in [3.63, 3.8) is 0 Å². The molecule has 0 saturated heterocycles. The normalized spacial score (nSPS) is 14.2. The van der Waals surface area contributed by atoms with Crippen LogP contribution >= 0.6 is 23.2 Å². The van der Waals surface area contributed by atoms with Crippen molar-refractivity contribution < 1.29 is 27.2 Å². The molecule has 11 heteroatoms. The summed E-state index contributed by atoms with van der Waals surface area (Å²) in [6.45, 7) is -0.915. The Kier molecular flexibility index (Phi) is 7.97. The second-order valence-corrected chi connectivity index (χ2v) is 9.16. The van der Waals surface area contributed by atoms with Crippen molar-refractivity contribution in [1.29, 1.82) is 0 Å². The number of aliphatic hydroxyl groups is 1. The van der Waals surface area contributed by atoms with Gasteiger partial charge >= 0.3 is 0 Å². The summed E-state index contributed by atoms with van der Waals surface area (Å²) in [6, 6.07) is 7.99. The fourth-order valence-corrected chi connectivity index (χ4v) is 3.04. The Morgan fingerprint density at radius 3 is 2.50 bits per heavy atom. The quantitative estimate of drug-likeness (QED) is 0.536. The Morgan fingerprint density at radius 1 is 1.32 bits per heavy atom. The molecule has 28 heavy (non-hydrogen) atoms. The molecule has 0 radical (unpaired) electrons. The minimum Gasteiger partial charge on any atom is -0.388 e. The van der Waals surface area contributed by atoms with Crippen LogP contribution in [0.1, 0.15) is 23.8 Å². The van der Waals surface area contributed by atoms with Crippen LogP contribution in [0.4, 0.5) is 4.39 Å². The number of carbonyl (C=O) groups excluding carboxylic acids is 1. The van der Waals surface area contributed by atoms with Gasteiger partial charge in [-0.15, -0.1) is 0 Å². The largest absolute Gasteiger partial charge is 0.388 e. The van der Waals surface area contributed by atoms with Crippen LogP contribution in [0, 0.1) is 5.92 Å². The summed E-state index contributed by atoms with van der Waals surface area (Å²) in [5.74, 6) is -1.12. The van der Waals surface area contributed by atoms with Crippen molar-refractivity contribution in [3.05, 3.63) is 41.6 Å². The first-order valence-corrected chi connectivity index (χ1v) is 10.9. The molecule has 2 rings (SSSR count). The number of nitrogens with zero attached hydrogens (tertiary/aromatic N) is 1. The van der Waals surface area contributed by atoms with E-state index in [4.69, 9.17) is 27.7 Å². The SMILES string of the molecule is CS(=O)(=O)NCc1cc(-c2ccc([C@@H](O)[C@H](CF)CC(=O)C(Cl)Cl)cc2)on1. The van der Waals surface area contributed by atoms with Gasteiger partial charge in [0, 0.05) is 24.0 Å². The lowest BCUT2D eigenvalue weighted by Gasteiger charge is -2.20. The highest BCUT2D eigenvalue weighted by atomic mass is 35.5. The van der Waals surface area contributed by atoms with E-state index in [1.807, 2.05) is 0 Å². The Labute approximate surface area is 171 Å². The standard InChI is InChI=1S/C17H19Cl2FN2O5S/c1-28(25,26)21-9-13-7-15(27-22-13)10-2-4-11(5-3-10)16(24)12(8-20)6-14(23)17(18)19/h2-5,7,12,16-17,21,24H,6,8-9H2,1H3/t12-,16+/m0/s1. The van der Waals surface area contributed by atoms with Crippen LogP contribution in [-0.2, 0) is 21.4 Å². The van der Waals surface area contributed by atoms with Gasteiger partial charge in [0.25, 0.3) is 0 Å². The number of carbonyl (C=O) groups is 1. The number of ketones is 1. The number of rotatable bonds is 10. The minimum absolute atomic E-state index is 0.00647. The van der Waals surface area contributed by atoms with Gasteiger partial charge in [0.15, 0.2) is 16.4 Å². The van der Waals surface area contributed by atoms with Crippen molar-refractivity contribution in [3.8, 4) is 11.3 Å². The van der Waals surface area contributed by atoms with Gasteiger partial charge < -0.3 is 9.63 Å². The fraction of sp³-hybridized carbons (Fsp3) is 0.412. The highest BCUT2D eigenvalue weighted by Crippen LogP contribution is 2.29. The van der Waals surface area contributed by atoms with Crippen molar-refractivity contribution in [2.75, 3.05) is 12.9 Å². The zero-order valence-electron chi connectivity index (χ0n) is 14.8. The maximum Gasteiger partial charge on any atom is 0.209 e. The number of halogens is 3. The lowest BCUT2D eigenvalue weighted by Crippen LogP contribution is -2.21. The molecular formula is C17H19Cl2FN2O5S. The molecule has 1 aromatic carbocycles. The first-order valence-electron chi connectivity index (χ1n) is 8.16. The van der Waals surface area contributed by atoms with Crippen LogP contribution in [0.3, 0.4) is 0 Å². The third-order valence-corrected chi connectivity index (χ3v) is 5.12. The van der Waals surface area contributed by atoms with Crippen LogP contribution < -0.4 is 4.72 Å². The number of aromatic nitrogens is 1. The summed E-state index contributed by atoms with van der Waals surface area (Å²) >= 11 is 11.0. The molecular weight excluding hydrogens is 434 g/mol. The molecule has 154 valence electrons. The summed E-state index contributed by atoms with van der Waals surface area (Å²) in [5.41, 5.74) is 1.44. The predicted octanol–water partition coefficient (Wildman–Crippen LogP) is 2.77. The lowest BCUT2D eigenvalue weighted by atomic mass is 9.92. The summed E-state index contributed by atoms with van der Waals surface area (Å²) in [7, 11) is -3.35. The van der Waals surface area contributed by atoms with E-state index in [1.54, 1.807) is 30.3 Å². The van der Waals surface area contributed by atoms with Gasteiger partial charge in [-0.2, -0.15) is 0 Å². The second kappa shape index (κ2) is 9.80. The molecule has 1 heterocycles. The van der Waals surface area contributed by atoms with E-state index in [2.05, 4.69) is 9.88 Å². The van der Waals surface area contributed by atoms with E-state index in [0.29, 0.717) is 22.6 Å². The minimum atomic E-state index is -3.35. The first-order chi connectivity index (χ1) is 13.1. The molecule has 2 N–H and O–H groups in total. The molecule has 0 aliphatic carbocycles. The van der Waals surface area contributed by atoms with Crippen LogP contribution in [0.25, 0.3) is 11.3 Å². The van der Waals surface area contributed by atoms with Crippen LogP contribution in [-0.4, -0.2) is 42.2 Å². The van der Waals surface area contributed by atoms with Crippen LogP contribution in [0.5, 0.6) is 0 Å². The number of hydrogen-bond acceptors (Lipinski definition) is 6. The third kappa shape index (κ3) is 6.52. The van der Waals surface area contributed by atoms with Crippen LogP contribution in [0.2, 0.25) is 0 Å². The molecule has 0 aliphatic heterocycles. The fourth-order valence-electron chi connectivity index (χ4n) is 2.45. The molecule has 0 amide bonds. The Hall–Kier alpha value is -1.52. The molecule has 2 atom stereocenters. The molecule has 0 unspecified atom stereocenters. The smallest absolute Gasteiger partial charge is 0.209 e. The Balaban J connectivity index is 2.08. The third-order valence-electron chi connectivity index (χ3n) is 3.96. The summed E-state index contributed by atoms with van der Waals surface area (Å²) in [5, 5.41) is 14.1. The van der Waals surface area contributed by atoms with E-state index in [1.165, 1.54) is 0 Å². The van der Waals surface area contributed by atoms with Gasteiger partial charge in [-0.05, 0) is 5.56 Å². The molecule has 7 nitrogen and oxygen atoms in total. The van der Waals surface area contributed by atoms with E-state index in [-0.39, 0.29) is 13.0 Å². The van der Waals surface area contributed by atoms with E-state index in [9.17, 15) is 22.7 Å². The van der Waals surface area contributed by atoms with Crippen molar-refractivity contribution in [1.82, 2.24) is 9.88 Å². The maximum absolute atomic E-state index is 13.3. The summed E-state index contributed by atoms with van der Waals surface area (Å²) < 4.78 is 43.0. The van der Waals surface area contributed by atoms with Gasteiger partial charge in [-0.25, -0.2) is 13.1 Å². The Bertz CT molecular complexity index is 903. The highest BCUT2D eigenvalue weighted by molar-refractivity contribution is 7.88. The summed E-state index contributed by atoms with van der Waals surface area (Å²) in [6.07, 6.45) is -0.452. The van der Waals surface area contributed by atoms with E-state index in [0.717, 1.165) is 6.26 Å². The molecule has 2 aromatic rings. The van der Waals surface area contributed by atoms with Crippen molar-refractivity contribution >= 4 is 39.0 Å². The lowest BCUT2D eigenvalue weighted by molar-refractivity contribution is -0.119. The zero-order chi connectivity index (χ0) is 20.9. The number of hydrogen-bond donors (Lipinski definition) is 2. The van der Waals surface area contributed by atoms with Gasteiger partial charge in [-0.3, -0.25) is 9.18 Å². The first kappa shape index (κ1) is 22.8. The average Bonchev–Trinajstić information content (AvgIpc) is 3.12. The highest BCUT2D eigenvalue weighted by Gasteiger charge is 2.26. The number of aliphatic hydroxyl groups excluding tert-OH is 1. The van der Waals surface area contributed by atoms with Gasteiger partial charge in [0.2, 0.25) is 10.0 Å². The molecule has 0 bridgehead atoms. The number of sulfonamides is 1. The zero-order valence-corrected chi connectivity index (χ0v) is 17.1.